The maximum atomic E-state index is 11.9. The van der Waals surface area contributed by atoms with E-state index in [9.17, 15) is 4.79 Å². The van der Waals surface area contributed by atoms with Crippen LogP contribution in [0.2, 0.25) is 0 Å². The van der Waals surface area contributed by atoms with Crippen molar-refractivity contribution in [3.05, 3.63) is 28.5 Å². The summed E-state index contributed by atoms with van der Waals surface area (Å²) in [5.41, 5.74) is 1.10. The van der Waals surface area contributed by atoms with Crippen LogP contribution in [-0.4, -0.2) is 47.4 Å². The van der Waals surface area contributed by atoms with E-state index in [1.54, 1.807) is 6.20 Å². The van der Waals surface area contributed by atoms with Gasteiger partial charge in [-0.3, -0.25) is 14.7 Å². The summed E-state index contributed by atoms with van der Waals surface area (Å²) in [7, 11) is 1.95. The number of hydrogen-bond acceptors (Lipinski definition) is 3. The number of halogens is 1. The number of hydrogen-bond donors (Lipinski definition) is 0. The van der Waals surface area contributed by atoms with E-state index in [1.807, 2.05) is 43.0 Å². The van der Waals surface area contributed by atoms with Crippen molar-refractivity contribution < 1.29 is 4.79 Å². The lowest BCUT2D eigenvalue weighted by Gasteiger charge is -2.23. The first-order chi connectivity index (χ1) is 8.56. The smallest absolute Gasteiger partial charge is 0.236 e. The molecule has 0 N–H and O–H groups in total. The van der Waals surface area contributed by atoms with Crippen LogP contribution in [0.25, 0.3) is 0 Å². The van der Waals surface area contributed by atoms with Gasteiger partial charge in [-0.05, 0) is 48.5 Å². The minimum Gasteiger partial charge on any atom is -0.342 e. The second kappa shape index (κ2) is 7.48. The average molecular weight is 314 g/mol. The van der Waals surface area contributed by atoms with Crippen molar-refractivity contribution >= 4 is 21.8 Å². The van der Waals surface area contributed by atoms with Gasteiger partial charge in [-0.2, -0.15) is 0 Å². The van der Waals surface area contributed by atoms with Gasteiger partial charge in [0.15, 0.2) is 0 Å². The molecule has 18 heavy (non-hydrogen) atoms. The lowest BCUT2D eigenvalue weighted by Crippen LogP contribution is -2.38. The average Bonchev–Trinajstić information content (AvgIpc) is 2.30. The standard InChI is InChI=1S/C13H20BrN3O/c1-4-17(5-2)13(18)10-16(3)9-11-6-12(14)8-15-7-11/h6-8H,4-5,9-10H2,1-3H3. The third-order valence-electron chi connectivity index (χ3n) is 2.74. The molecule has 0 saturated heterocycles. The van der Waals surface area contributed by atoms with Crippen LogP contribution in [0.15, 0.2) is 22.9 Å². The van der Waals surface area contributed by atoms with E-state index in [1.165, 1.54) is 0 Å². The van der Waals surface area contributed by atoms with Gasteiger partial charge < -0.3 is 4.90 Å². The van der Waals surface area contributed by atoms with Gasteiger partial charge in [-0.15, -0.1) is 0 Å². The maximum Gasteiger partial charge on any atom is 0.236 e. The van der Waals surface area contributed by atoms with Crippen molar-refractivity contribution in [2.45, 2.75) is 20.4 Å². The zero-order valence-electron chi connectivity index (χ0n) is 11.2. The van der Waals surface area contributed by atoms with E-state index in [-0.39, 0.29) is 5.91 Å². The van der Waals surface area contributed by atoms with Gasteiger partial charge in [0.2, 0.25) is 5.91 Å². The van der Waals surface area contributed by atoms with E-state index >= 15 is 0 Å². The molecule has 0 aliphatic carbocycles. The first-order valence-electron chi connectivity index (χ1n) is 6.12. The molecule has 0 aliphatic heterocycles. The highest BCUT2D eigenvalue weighted by Crippen LogP contribution is 2.11. The third-order valence-corrected chi connectivity index (χ3v) is 3.17. The predicted molar refractivity (Wildman–Crippen MR) is 76.2 cm³/mol. The lowest BCUT2D eigenvalue weighted by molar-refractivity contribution is -0.131. The van der Waals surface area contributed by atoms with E-state index < -0.39 is 0 Å². The number of aromatic nitrogens is 1. The van der Waals surface area contributed by atoms with Gasteiger partial charge in [0, 0.05) is 36.5 Å². The number of likely N-dealkylation sites (N-methyl/N-ethyl adjacent to an activating group) is 2. The molecule has 0 unspecified atom stereocenters. The molecule has 1 aromatic rings. The Hall–Kier alpha value is -0.940. The zero-order valence-corrected chi connectivity index (χ0v) is 12.8. The van der Waals surface area contributed by atoms with Crippen LogP contribution in [0, 0.1) is 0 Å². The zero-order chi connectivity index (χ0) is 13.5. The molecule has 0 atom stereocenters. The summed E-state index contributed by atoms with van der Waals surface area (Å²) in [6.45, 7) is 6.69. The third kappa shape index (κ3) is 4.74. The molecule has 0 spiro atoms. The highest BCUT2D eigenvalue weighted by atomic mass is 79.9. The summed E-state index contributed by atoms with van der Waals surface area (Å²) >= 11 is 3.39. The quantitative estimate of drug-likeness (QED) is 0.807. The lowest BCUT2D eigenvalue weighted by atomic mass is 10.2. The summed E-state index contributed by atoms with van der Waals surface area (Å²) < 4.78 is 0.962. The van der Waals surface area contributed by atoms with Crippen LogP contribution in [0.4, 0.5) is 0 Å². The Bertz CT molecular complexity index is 394. The van der Waals surface area contributed by atoms with Crippen molar-refractivity contribution in [3.8, 4) is 0 Å². The van der Waals surface area contributed by atoms with Crippen LogP contribution in [0.1, 0.15) is 19.4 Å². The highest BCUT2D eigenvalue weighted by Gasteiger charge is 2.12. The minimum atomic E-state index is 0.172. The van der Waals surface area contributed by atoms with Crippen LogP contribution < -0.4 is 0 Å². The summed E-state index contributed by atoms with van der Waals surface area (Å²) in [6.07, 6.45) is 3.58. The molecule has 5 heteroatoms. The SMILES string of the molecule is CCN(CC)C(=O)CN(C)Cc1cncc(Br)c1. The molecule has 0 bridgehead atoms. The normalized spacial score (nSPS) is 10.7. The van der Waals surface area contributed by atoms with E-state index in [4.69, 9.17) is 0 Å². The minimum absolute atomic E-state index is 0.172. The Balaban J connectivity index is 2.51. The van der Waals surface area contributed by atoms with Crippen molar-refractivity contribution in [3.63, 3.8) is 0 Å². The second-order valence-corrected chi connectivity index (χ2v) is 5.17. The number of rotatable bonds is 6. The van der Waals surface area contributed by atoms with E-state index in [0.29, 0.717) is 6.54 Å². The fraction of sp³-hybridized carbons (Fsp3) is 0.538. The molecule has 4 nitrogen and oxygen atoms in total. The van der Waals surface area contributed by atoms with Crippen molar-refractivity contribution in [1.29, 1.82) is 0 Å². The van der Waals surface area contributed by atoms with Crippen LogP contribution in [0.3, 0.4) is 0 Å². The Morgan fingerprint density at radius 1 is 1.33 bits per heavy atom. The van der Waals surface area contributed by atoms with Gasteiger partial charge in [0.1, 0.15) is 0 Å². The first kappa shape index (κ1) is 15.1. The number of pyridine rings is 1. The van der Waals surface area contributed by atoms with Crippen LogP contribution in [0.5, 0.6) is 0 Å². The molecular formula is C13H20BrN3O. The summed E-state index contributed by atoms with van der Waals surface area (Å²) in [6, 6.07) is 2.02. The number of nitrogens with zero attached hydrogens (tertiary/aromatic N) is 3. The predicted octanol–water partition coefficient (Wildman–Crippen LogP) is 2.14. The van der Waals surface area contributed by atoms with E-state index in [0.717, 1.165) is 29.7 Å². The largest absolute Gasteiger partial charge is 0.342 e. The van der Waals surface area contributed by atoms with Crippen molar-refractivity contribution in [2.24, 2.45) is 0 Å². The second-order valence-electron chi connectivity index (χ2n) is 4.25. The Morgan fingerprint density at radius 3 is 2.56 bits per heavy atom. The molecule has 0 saturated carbocycles. The monoisotopic (exact) mass is 313 g/mol. The molecule has 0 radical (unpaired) electrons. The Morgan fingerprint density at radius 2 is 2.00 bits per heavy atom. The van der Waals surface area contributed by atoms with Crippen LogP contribution >= 0.6 is 15.9 Å². The van der Waals surface area contributed by atoms with Gasteiger partial charge in [-0.1, -0.05) is 0 Å². The fourth-order valence-electron chi connectivity index (χ4n) is 1.82. The number of carbonyl (C=O) groups excluding carboxylic acids is 1. The molecular weight excluding hydrogens is 294 g/mol. The maximum absolute atomic E-state index is 11.9. The molecule has 100 valence electrons. The topological polar surface area (TPSA) is 36.4 Å². The summed E-state index contributed by atoms with van der Waals surface area (Å²) in [4.78, 5) is 19.9. The molecule has 1 aromatic heterocycles. The summed E-state index contributed by atoms with van der Waals surface area (Å²) in [5.74, 6) is 0.172. The number of amides is 1. The molecule has 1 heterocycles. The highest BCUT2D eigenvalue weighted by molar-refractivity contribution is 9.10. The van der Waals surface area contributed by atoms with Gasteiger partial charge >= 0.3 is 0 Å². The molecule has 0 aliphatic rings. The number of carbonyl (C=O) groups is 1. The molecule has 1 amide bonds. The molecule has 0 fully saturated rings. The van der Waals surface area contributed by atoms with Gasteiger partial charge in [0.25, 0.3) is 0 Å². The molecule has 0 aromatic carbocycles. The van der Waals surface area contributed by atoms with Crippen molar-refractivity contribution in [1.82, 2.24) is 14.8 Å². The molecule has 1 rings (SSSR count). The van der Waals surface area contributed by atoms with Crippen LogP contribution in [-0.2, 0) is 11.3 Å². The Kier molecular flexibility index (Phi) is 6.29. The van der Waals surface area contributed by atoms with Gasteiger partial charge in [-0.25, -0.2) is 0 Å². The van der Waals surface area contributed by atoms with Crippen molar-refractivity contribution in [2.75, 3.05) is 26.7 Å². The summed E-state index contributed by atoms with van der Waals surface area (Å²) in [5, 5.41) is 0. The first-order valence-corrected chi connectivity index (χ1v) is 6.91. The Labute approximate surface area is 117 Å². The van der Waals surface area contributed by atoms with E-state index in [2.05, 4.69) is 20.9 Å². The fourth-order valence-corrected chi connectivity index (χ4v) is 2.23. The van der Waals surface area contributed by atoms with Gasteiger partial charge in [0.05, 0.1) is 6.54 Å².